The van der Waals surface area contributed by atoms with Gasteiger partial charge >= 0.3 is 0 Å². The molecule has 0 aliphatic heterocycles. The monoisotopic (exact) mass is 225 g/mol. The van der Waals surface area contributed by atoms with E-state index in [-0.39, 0.29) is 5.75 Å². The van der Waals surface area contributed by atoms with Gasteiger partial charge < -0.3 is 5.11 Å². The summed E-state index contributed by atoms with van der Waals surface area (Å²) in [6, 6.07) is 13.6. The molecule has 1 aromatic carbocycles. The number of aromatic nitrogens is 1. The Morgan fingerprint density at radius 2 is 1.82 bits per heavy atom. The Morgan fingerprint density at radius 3 is 2.53 bits per heavy atom. The summed E-state index contributed by atoms with van der Waals surface area (Å²) >= 11 is 0. The van der Waals surface area contributed by atoms with Crippen molar-refractivity contribution in [3.05, 3.63) is 59.4 Å². The molecule has 0 spiro atoms. The van der Waals surface area contributed by atoms with E-state index >= 15 is 0 Å². The van der Waals surface area contributed by atoms with Gasteiger partial charge in [0.05, 0.1) is 11.4 Å². The van der Waals surface area contributed by atoms with Crippen LogP contribution in [0.4, 0.5) is 0 Å². The van der Waals surface area contributed by atoms with E-state index in [1.54, 1.807) is 6.07 Å². The fourth-order valence-electron chi connectivity index (χ4n) is 1.61. The highest BCUT2D eigenvalue weighted by molar-refractivity contribution is 5.68. The molecule has 1 aromatic heterocycles. The van der Waals surface area contributed by atoms with Crippen LogP contribution in [0, 0.1) is 0 Å². The minimum absolute atomic E-state index is 0.268. The van der Waals surface area contributed by atoms with Gasteiger partial charge in [-0.15, -0.1) is 0 Å². The third-order valence-corrected chi connectivity index (χ3v) is 2.55. The molecule has 0 unspecified atom stereocenters. The molecule has 2 nitrogen and oxygen atoms in total. The molecule has 1 heterocycles. The third-order valence-electron chi connectivity index (χ3n) is 2.55. The van der Waals surface area contributed by atoms with E-state index in [9.17, 15) is 5.11 Å². The fourth-order valence-corrected chi connectivity index (χ4v) is 1.61. The first-order valence-electron chi connectivity index (χ1n) is 5.71. The number of rotatable bonds is 3. The van der Waals surface area contributed by atoms with Crippen molar-refractivity contribution in [2.45, 2.75) is 13.3 Å². The topological polar surface area (TPSA) is 33.1 Å². The standard InChI is InChI=1S/C15H15NO/c1-2-14-15(17)11-10-13(16-14)9-8-12-6-4-3-5-7-12/h3-11,17H,2H2,1H3/b9-8+. The van der Waals surface area contributed by atoms with E-state index in [1.165, 1.54) is 0 Å². The van der Waals surface area contributed by atoms with Crippen molar-refractivity contribution in [2.24, 2.45) is 0 Å². The number of nitrogens with zero attached hydrogens (tertiary/aromatic N) is 1. The van der Waals surface area contributed by atoms with Crippen molar-refractivity contribution in [3.8, 4) is 5.75 Å². The predicted octanol–water partition coefficient (Wildman–Crippen LogP) is 3.52. The van der Waals surface area contributed by atoms with Crippen LogP contribution in [-0.2, 0) is 6.42 Å². The zero-order valence-electron chi connectivity index (χ0n) is 9.80. The fraction of sp³-hybridized carbons (Fsp3) is 0.133. The molecular weight excluding hydrogens is 210 g/mol. The Kier molecular flexibility index (Phi) is 3.55. The first kappa shape index (κ1) is 11.4. The molecule has 17 heavy (non-hydrogen) atoms. The molecule has 0 amide bonds. The highest BCUT2D eigenvalue weighted by atomic mass is 16.3. The summed E-state index contributed by atoms with van der Waals surface area (Å²) in [5.74, 6) is 0.268. The lowest BCUT2D eigenvalue weighted by atomic mass is 10.2. The maximum Gasteiger partial charge on any atom is 0.137 e. The largest absolute Gasteiger partial charge is 0.506 e. The summed E-state index contributed by atoms with van der Waals surface area (Å²) in [5.41, 5.74) is 2.74. The lowest BCUT2D eigenvalue weighted by molar-refractivity contribution is 0.465. The minimum Gasteiger partial charge on any atom is -0.506 e. The third kappa shape index (κ3) is 2.94. The van der Waals surface area contributed by atoms with Crippen molar-refractivity contribution >= 4 is 12.2 Å². The quantitative estimate of drug-likeness (QED) is 0.867. The van der Waals surface area contributed by atoms with Gasteiger partial charge in [-0.3, -0.25) is 0 Å². The molecule has 0 fully saturated rings. The lowest BCUT2D eigenvalue weighted by Crippen LogP contribution is -1.90. The van der Waals surface area contributed by atoms with Gasteiger partial charge in [-0.1, -0.05) is 43.3 Å². The predicted molar refractivity (Wildman–Crippen MR) is 70.6 cm³/mol. The van der Waals surface area contributed by atoms with Gasteiger partial charge in [0.25, 0.3) is 0 Å². The summed E-state index contributed by atoms with van der Waals surface area (Å²) in [6.07, 6.45) is 4.70. The molecule has 0 saturated heterocycles. The summed E-state index contributed by atoms with van der Waals surface area (Å²) in [7, 11) is 0. The Labute approximate surface area is 101 Å². The van der Waals surface area contributed by atoms with Crippen molar-refractivity contribution in [3.63, 3.8) is 0 Å². The van der Waals surface area contributed by atoms with Crippen molar-refractivity contribution < 1.29 is 5.11 Å². The van der Waals surface area contributed by atoms with Crippen LogP contribution in [0.15, 0.2) is 42.5 Å². The molecule has 2 aromatic rings. The van der Waals surface area contributed by atoms with E-state index in [4.69, 9.17) is 0 Å². The number of hydrogen-bond acceptors (Lipinski definition) is 2. The van der Waals surface area contributed by atoms with Gasteiger partial charge in [-0.05, 0) is 30.2 Å². The Balaban J connectivity index is 2.22. The van der Waals surface area contributed by atoms with Crippen LogP contribution < -0.4 is 0 Å². The number of hydrogen-bond donors (Lipinski definition) is 1. The normalized spacial score (nSPS) is 10.9. The smallest absolute Gasteiger partial charge is 0.137 e. The SMILES string of the molecule is CCc1nc(/C=C/c2ccccc2)ccc1O. The molecule has 0 atom stereocenters. The van der Waals surface area contributed by atoms with Crippen LogP contribution in [0.5, 0.6) is 5.75 Å². The molecule has 2 heteroatoms. The Bertz CT molecular complexity index is 518. The van der Waals surface area contributed by atoms with Crippen LogP contribution in [0.2, 0.25) is 0 Å². The van der Waals surface area contributed by atoms with Crippen molar-refractivity contribution in [2.75, 3.05) is 0 Å². The van der Waals surface area contributed by atoms with Crippen LogP contribution in [-0.4, -0.2) is 10.1 Å². The molecule has 0 aliphatic carbocycles. The second-order valence-corrected chi connectivity index (χ2v) is 3.80. The molecule has 1 N–H and O–H groups in total. The van der Waals surface area contributed by atoms with E-state index in [1.807, 2.05) is 55.5 Å². The first-order chi connectivity index (χ1) is 8.29. The van der Waals surface area contributed by atoms with Crippen LogP contribution in [0.1, 0.15) is 23.9 Å². The second-order valence-electron chi connectivity index (χ2n) is 3.80. The van der Waals surface area contributed by atoms with E-state index < -0.39 is 0 Å². The average molecular weight is 225 g/mol. The number of pyridine rings is 1. The Hall–Kier alpha value is -2.09. The molecule has 0 saturated carbocycles. The molecule has 2 rings (SSSR count). The van der Waals surface area contributed by atoms with Gasteiger partial charge in [0.2, 0.25) is 0 Å². The highest BCUT2D eigenvalue weighted by Crippen LogP contribution is 2.16. The van der Waals surface area contributed by atoms with Crippen molar-refractivity contribution in [1.29, 1.82) is 0 Å². The van der Waals surface area contributed by atoms with Crippen LogP contribution >= 0.6 is 0 Å². The molecule has 86 valence electrons. The number of aryl methyl sites for hydroxylation is 1. The number of aromatic hydroxyl groups is 1. The lowest BCUT2D eigenvalue weighted by Gasteiger charge is -2.01. The highest BCUT2D eigenvalue weighted by Gasteiger charge is 2.00. The minimum atomic E-state index is 0.268. The Morgan fingerprint density at radius 1 is 1.06 bits per heavy atom. The summed E-state index contributed by atoms with van der Waals surface area (Å²) in [4.78, 5) is 4.37. The maximum atomic E-state index is 9.53. The molecule has 0 radical (unpaired) electrons. The van der Waals surface area contributed by atoms with Crippen LogP contribution in [0.25, 0.3) is 12.2 Å². The molecular formula is C15H15NO. The van der Waals surface area contributed by atoms with E-state index in [2.05, 4.69) is 4.98 Å². The van der Waals surface area contributed by atoms with E-state index in [0.717, 1.165) is 23.4 Å². The van der Waals surface area contributed by atoms with Crippen molar-refractivity contribution in [1.82, 2.24) is 4.98 Å². The zero-order chi connectivity index (χ0) is 12.1. The van der Waals surface area contributed by atoms with Gasteiger partial charge in [0.15, 0.2) is 0 Å². The second kappa shape index (κ2) is 5.30. The van der Waals surface area contributed by atoms with Crippen LogP contribution in [0.3, 0.4) is 0 Å². The first-order valence-corrected chi connectivity index (χ1v) is 5.71. The van der Waals surface area contributed by atoms with Gasteiger partial charge in [0, 0.05) is 0 Å². The summed E-state index contributed by atoms with van der Waals surface area (Å²) in [5, 5.41) is 9.53. The molecule has 0 bridgehead atoms. The summed E-state index contributed by atoms with van der Waals surface area (Å²) < 4.78 is 0. The number of benzene rings is 1. The van der Waals surface area contributed by atoms with E-state index in [0.29, 0.717) is 0 Å². The van der Waals surface area contributed by atoms with Gasteiger partial charge in [0.1, 0.15) is 5.75 Å². The molecule has 0 aliphatic rings. The summed E-state index contributed by atoms with van der Waals surface area (Å²) in [6.45, 7) is 1.98. The maximum absolute atomic E-state index is 9.53. The average Bonchev–Trinajstić information content (AvgIpc) is 2.39. The zero-order valence-corrected chi connectivity index (χ0v) is 9.80. The van der Waals surface area contributed by atoms with Gasteiger partial charge in [-0.2, -0.15) is 0 Å². The van der Waals surface area contributed by atoms with Gasteiger partial charge in [-0.25, -0.2) is 4.98 Å².